The average Bonchev–Trinajstić information content (AvgIpc) is 2.47. The van der Waals surface area contributed by atoms with Crippen LogP contribution in [0.3, 0.4) is 0 Å². The lowest BCUT2D eigenvalue weighted by atomic mass is 10.2. The van der Waals surface area contributed by atoms with Crippen LogP contribution in [0.5, 0.6) is 11.5 Å². The summed E-state index contributed by atoms with van der Waals surface area (Å²) in [6.07, 6.45) is 0. The molecule has 2 rings (SSSR count). The molecule has 6 heteroatoms. The fourth-order valence-electron chi connectivity index (χ4n) is 1.73. The molecule has 0 amide bonds. The minimum Gasteiger partial charge on any atom is -0.493 e. The molecular formula is C15H12F2O4. The standard InChI is InChI=1S/C15H12F2O4/c1-20-13-5-2-9(15(18)19)7-14(13)21-8-10-6-11(16)3-4-12(10)17/h2-7H,8H2,1H3,(H,18,19). The Morgan fingerprint density at radius 2 is 1.90 bits per heavy atom. The Morgan fingerprint density at radius 3 is 2.57 bits per heavy atom. The van der Waals surface area contributed by atoms with Gasteiger partial charge >= 0.3 is 5.97 Å². The third-order valence-electron chi connectivity index (χ3n) is 2.80. The summed E-state index contributed by atoms with van der Waals surface area (Å²) >= 11 is 0. The second kappa shape index (κ2) is 6.21. The Morgan fingerprint density at radius 1 is 1.14 bits per heavy atom. The minimum atomic E-state index is -1.13. The molecule has 0 aliphatic heterocycles. The highest BCUT2D eigenvalue weighted by molar-refractivity contribution is 5.88. The van der Waals surface area contributed by atoms with Crippen molar-refractivity contribution in [2.24, 2.45) is 0 Å². The van der Waals surface area contributed by atoms with Crippen molar-refractivity contribution in [3.05, 3.63) is 59.2 Å². The first-order chi connectivity index (χ1) is 10.0. The van der Waals surface area contributed by atoms with Gasteiger partial charge in [-0.05, 0) is 36.4 Å². The van der Waals surface area contributed by atoms with E-state index in [1.807, 2.05) is 0 Å². The molecule has 2 aromatic rings. The molecule has 0 radical (unpaired) electrons. The molecule has 0 saturated heterocycles. The van der Waals surface area contributed by atoms with Gasteiger partial charge in [-0.25, -0.2) is 13.6 Å². The van der Waals surface area contributed by atoms with Crippen LogP contribution < -0.4 is 9.47 Å². The van der Waals surface area contributed by atoms with Gasteiger partial charge in [-0.2, -0.15) is 0 Å². The number of ether oxygens (including phenoxy) is 2. The zero-order valence-electron chi connectivity index (χ0n) is 11.1. The second-order valence-corrected chi connectivity index (χ2v) is 4.20. The number of halogens is 2. The van der Waals surface area contributed by atoms with Crippen LogP contribution in [0.4, 0.5) is 8.78 Å². The lowest BCUT2D eigenvalue weighted by Crippen LogP contribution is -2.03. The maximum Gasteiger partial charge on any atom is 0.335 e. The number of carbonyl (C=O) groups is 1. The summed E-state index contributed by atoms with van der Waals surface area (Å²) in [5, 5.41) is 8.93. The van der Waals surface area contributed by atoms with Gasteiger partial charge in [0.2, 0.25) is 0 Å². The molecule has 4 nitrogen and oxygen atoms in total. The molecule has 0 atom stereocenters. The molecule has 0 aliphatic rings. The molecule has 0 heterocycles. The van der Waals surface area contributed by atoms with Gasteiger partial charge in [-0.3, -0.25) is 0 Å². The van der Waals surface area contributed by atoms with Crippen LogP contribution in [0.2, 0.25) is 0 Å². The molecule has 0 aromatic heterocycles. The molecule has 0 saturated carbocycles. The fraction of sp³-hybridized carbons (Fsp3) is 0.133. The maximum absolute atomic E-state index is 13.5. The molecule has 0 spiro atoms. The van der Waals surface area contributed by atoms with E-state index in [1.165, 1.54) is 25.3 Å². The Labute approximate surface area is 119 Å². The summed E-state index contributed by atoms with van der Waals surface area (Å²) in [7, 11) is 1.39. The zero-order chi connectivity index (χ0) is 15.4. The number of benzene rings is 2. The van der Waals surface area contributed by atoms with Gasteiger partial charge in [-0.15, -0.1) is 0 Å². The third kappa shape index (κ3) is 3.47. The predicted octanol–water partition coefficient (Wildman–Crippen LogP) is 3.25. The molecule has 110 valence electrons. The normalized spacial score (nSPS) is 10.2. The molecule has 2 aromatic carbocycles. The van der Waals surface area contributed by atoms with Crippen molar-refractivity contribution in [2.75, 3.05) is 7.11 Å². The molecule has 0 fully saturated rings. The number of aromatic carboxylic acids is 1. The zero-order valence-corrected chi connectivity index (χ0v) is 11.1. The first-order valence-electron chi connectivity index (χ1n) is 5.99. The van der Waals surface area contributed by atoms with E-state index in [2.05, 4.69) is 0 Å². The molecule has 1 N–H and O–H groups in total. The Bertz CT molecular complexity index is 671. The van der Waals surface area contributed by atoms with E-state index in [0.717, 1.165) is 18.2 Å². The first-order valence-corrected chi connectivity index (χ1v) is 5.99. The fourth-order valence-corrected chi connectivity index (χ4v) is 1.73. The third-order valence-corrected chi connectivity index (χ3v) is 2.80. The van der Waals surface area contributed by atoms with Gasteiger partial charge < -0.3 is 14.6 Å². The monoisotopic (exact) mass is 294 g/mol. The van der Waals surface area contributed by atoms with E-state index in [9.17, 15) is 13.6 Å². The molecular weight excluding hydrogens is 282 g/mol. The highest BCUT2D eigenvalue weighted by atomic mass is 19.1. The topological polar surface area (TPSA) is 55.8 Å². The highest BCUT2D eigenvalue weighted by Gasteiger charge is 2.11. The molecule has 0 aliphatic carbocycles. The van der Waals surface area contributed by atoms with Gasteiger partial charge in [0.05, 0.1) is 12.7 Å². The van der Waals surface area contributed by atoms with E-state index < -0.39 is 17.6 Å². The largest absolute Gasteiger partial charge is 0.493 e. The summed E-state index contributed by atoms with van der Waals surface area (Å²) in [6.45, 7) is -0.247. The van der Waals surface area contributed by atoms with Crippen molar-refractivity contribution in [2.45, 2.75) is 6.61 Å². The summed E-state index contributed by atoms with van der Waals surface area (Å²) in [5.41, 5.74) is 0.0308. The number of hydrogen-bond acceptors (Lipinski definition) is 3. The minimum absolute atomic E-state index is 0.00511. The van der Waals surface area contributed by atoms with Crippen LogP contribution in [-0.2, 0) is 6.61 Å². The van der Waals surface area contributed by atoms with E-state index >= 15 is 0 Å². The van der Waals surface area contributed by atoms with Crippen molar-refractivity contribution >= 4 is 5.97 Å². The van der Waals surface area contributed by atoms with Crippen molar-refractivity contribution in [3.63, 3.8) is 0 Å². The van der Waals surface area contributed by atoms with Crippen LogP contribution >= 0.6 is 0 Å². The Hall–Kier alpha value is -2.63. The van der Waals surface area contributed by atoms with Crippen LogP contribution in [0.25, 0.3) is 0 Å². The van der Waals surface area contributed by atoms with Crippen LogP contribution in [0.15, 0.2) is 36.4 Å². The number of carboxylic acid groups (broad SMARTS) is 1. The molecule has 0 unspecified atom stereocenters. The van der Waals surface area contributed by atoms with Crippen LogP contribution in [0.1, 0.15) is 15.9 Å². The Balaban J connectivity index is 2.24. The van der Waals surface area contributed by atoms with Crippen molar-refractivity contribution in [1.29, 1.82) is 0 Å². The van der Waals surface area contributed by atoms with Crippen LogP contribution in [0, 0.1) is 11.6 Å². The lowest BCUT2D eigenvalue weighted by molar-refractivity contribution is 0.0696. The smallest absolute Gasteiger partial charge is 0.335 e. The SMILES string of the molecule is COc1ccc(C(=O)O)cc1OCc1cc(F)ccc1F. The van der Waals surface area contributed by atoms with Gasteiger partial charge in [0, 0.05) is 5.56 Å². The average molecular weight is 294 g/mol. The molecule has 0 bridgehead atoms. The summed E-state index contributed by atoms with van der Waals surface area (Å²) in [6, 6.07) is 7.07. The van der Waals surface area contributed by atoms with Gasteiger partial charge in [-0.1, -0.05) is 0 Å². The highest BCUT2D eigenvalue weighted by Crippen LogP contribution is 2.29. The number of hydrogen-bond donors (Lipinski definition) is 1. The predicted molar refractivity (Wildman–Crippen MR) is 70.6 cm³/mol. The lowest BCUT2D eigenvalue weighted by Gasteiger charge is -2.12. The first kappa shape index (κ1) is 14.8. The van der Waals surface area contributed by atoms with E-state index in [-0.39, 0.29) is 23.5 Å². The van der Waals surface area contributed by atoms with Crippen molar-refractivity contribution in [1.82, 2.24) is 0 Å². The quantitative estimate of drug-likeness (QED) is 0.919. The number of rotatable bonds is 5. The summed E-state index contributed by atoms with van der Waals surface area (Å²) in [5.74, 6) is -1.87. The van der Waals surface area contributed by atoms with E-state index in [4.69, 9.17) is 14.6 Å². The van der Waals surface area contributed by atoms with E-state index in [0.29, 0.717) is 5.75 Å². The molecule has 21 heavy (non-hydrogen) atoms. The van der Waals surface area contributed by atoms with Crippen LogP contribution in [-0.4, -0.2) is 18.2 Å². The summed E-state index contributed by atoms with van der Waals surface area (Å²) < 4.78 is 36.9. The van der Waals surface area contributed by atoms with Gasteiger partial charge in [0.25, 0.3) is 0 Å². The Kier molecular flexibility index (Phi) is 4.37. The second-order valence-electron chi connectivity index (χ2n) is 4.20. The van der Waals surface area contributed by atoms with Crippen molar-refractivity contribution in [3.8, 4) is 11.5 Å². The van der Waals surface area contributed by atoms with E-state index in [1.54, 1.807) is 0 Å². The van der Waals surface area contributed by atoms with Gasteiger partial charge in [0.1, 0.15) is 18.2 Å². The van der Waals surface area contributed by atoms with Gasteiger partial charge in [0.15, 0.2) is 11.5 Å². The number of carboxylic acids is 1. The summed E-state index contributed by atoms with van der Waals surface area (Å²) in [4.78, 5) is 10.9. The maximum atomic E-state index is 13.5. The van der Waals surface area contributed by atoms with Crippen molar-refractivity contribution < 1.29 is 28.2 Å². The number of methoxy groups -OCH3 is 1.